The maximum atomic E-state index is 13.0. The largest absolute Gasteiger partial charge is 0.484 e. The Balaban J connectivity index is 1.91. The van der Waals surface area contributed by atoms with E-state index in [0.29, 0.717) is 12.3 Å². The van der Waals surface area contributed by atoms with E-state index in [-0.39, 0.29) is 25.2 Å². The third-order valence-electron chi connectivity index (χ3n) is 3.59. The lowest BCUT2D eigenvalue weighted by molar-refractivity contribution is -0.136. The molecule has 1 fully saturated rings. The summed E-state index contributed by atoms with van der Waals surface area (Å²) in [5.74, 6) is -0.207. The van der Waals surface area contributed by atoms with Gasteiger partial charge >= 0.3 is 0 Å². The number of hydrogen-bond donors (Lipinski definition) is 1. The van der Waals surface area contributed by atoms with Gasteiger partial charge in [-0.1, -0.05) is 18.9 Å². The summed E-state index contributed by atoms with van der Waals surface area (Å²) in [6, 6.07) is 5.93. The topological polar surface area (TPSA) is 49.8 Å². The van der Waals surface area contributed by atoms with Crippen LogP contribution in [0.25, 0.3) is 0 Å². The number of nitrogens with zero attached hydrogens (tertiary/aromatic N) is 1. The molecule has 0 atom stereocenters. The molecule has 0 unspecified atom stereocenters. The summed E-state index contributed by atoms with van der Waals surface area (Å²) in [5.41, 5.74) is 0. The molecule has 2 rings (SSSR count). The number of benzene rings is 1. The van der Waals surface area contributed by atoms with Gasteiger partial charge in [0, 0.05) is 18.7 Å². The van der Waals surface area contributed by atoms with Crippen LogP contribution >= 0.6 is 0 Å². The van der Waals surface area contributed by atoms with Crippen LogP contribution in [0.3, 0.4) is 0 Å². The summed E-state index contributed by atoms with van der Waals surface area (Å²) in [4.78, 5) is 13.9. The highest BCUT2D eigenvalue weighted by atomic mass is 19.1. The predicted octanol–water partition coefficient (Wildman–Crippen LogP) is 1.97. The van der Waals surface area contributed by atoms with Crippen molar-refractivity contribution in [2.75, 3.05) is 19.8 Å². The molecule has 5 heteroatoms. The van der Waals surface area contributed by atoms with E-state index in [1.165, 1.54) is 18.2 Å². The van der Waals surface area contributed by atoms with Crippen molar-refractivity contribution in [3.05, 3.63) is 30.1 Å². The summed E-state index contributed by atoms with van der Waals surface area (Å²) in [7, 11) is 0. The number of hydrogen-bond acceptors (Lipinski definition) is 3. The first-order valence-corrected chi connectivity index (χ1v) is 6.99. The Morgan fingerprint density at radius 3 is 2.80 bits per heavy atom. The van der Waals surface area contributed by atoms with Crippen LogP contribution < -0.4 is 4.74 Å². The Morgan fingerprint density at radius 2 is 2.15 bits per heavy atom. The van der Waals surface area contributed by atoms with Crippen molar-refractivity contribution in [3.63, 3.8) is 0 Å². The smallest absolute Gasteiger partial charge is 0.260 e. The number of carbonyl (C=O) groups is 1. The van der Waals surface area contributed by atoms with Gasteiger partial charge in [0.15, 0.2) is 6.61 Å². The van der Waals surface area contributed by atoms with Crippen molar-refractivity contribution < 1.29 is 19.0 Å². The van der Waals surface area contributed by atoms with Gasteiger partial charge in [-0.05, 0) is 25.0 Å². The molecule has 110 valence electrons. The molecule has 1 amide bonds. The van der Waals surface area contributed by atoms with Crippen molar-refractivity contribution in [1.29, 1.82) is 0 Å². The molecule has 1 aliphatic carbocycles. The van der Waals surface area contributed by atoms with Crippen molar-refractivity contribution >= 4 is 5.91 Å². The van der Waals surface area contributed by atoms with E-state index in [1.54, 1.807) is 11.0 Å². The zero-order valence-electron chi connectivity index (χ0n) is 11.4. The quantitative estimate of drug-likeness (QED) is 0.867. The molecule has 0 bridgehead atoms. The third kappa shape index (κ3) is 3.93. The van der Waals surface area contributed by atoms with E-state index < -0.39 is 5.82 Å². The van der Waals surface area contributed by atoms with Crippen LogP contribution in [0.5, 0.6) is 5.75 Å². The molecule has 4 nitrogen and oxygen atoms in total. The first-order chi connectivity index (χ1) is 9.70. The monoisotopic (exact) mass is 281 g/mol. The lowest BCUT2D eigenvalue weighted by Crippen LogP contribution is -2.43. The second kappa shape index (κ2) is 7.24. The van der Waals surface area contributed by atoms with Crippen molar-refractivity contribution in [2.24, 2.45) is 0 Å². The molecule has 1 aliphatic rings. The minimum atomic E-state index is -0.391. The van der Waals surface area contributed by atoms with E-state index in [1.807, 2.05) is 0 Å². The van der Waals surface area contributed by atoms with Gasteiger partial charge < -0.3 is 14.7 Å². The number of amides is 1. The molecule has 0 spiro atoms. The lowest BCUT2D eigenvalue weighted by Gasteiger charge is -2.28. The van der Waals surface area contributed by atoms with Gasteiger partial charge in [0.25, 0.3) is 5.91 Å². The second-order valence-electron chi connectivity index (χ2n) is 5.00. The Hall–Kier alpha value is -1.62. The lowest BCUT2D eigenvalue weighted by atomic mass is 10.2. The van der Waals surface area contributed by atoms with Crippen LogP contribution in [-0.2, 0) is 4.79 Å². The van der Waals surface area contributed by atoms with Crippen LogP contribution in [0.4, 0.5) is 4.39 Å². The van der Waals surface area contributed by atoms with Crippen LogP contribution in [0.15, 0.2) is 24.3 Å². The molecule has 0 radical (unpaired) electrons. The predicted molar refractivity (Wildman–Crippen MR) is 72.9 cm³/mol. The molecule has 0 saturated heterocycles. The molecule has 1 saturated carbocycles. The minimum Gasteiger partial charge on any atom is -0.484 e. The number of halogens is 1. The van der Waals surface area contributed by atoms with Crippen LogP contribution in [0.1, 0.15) is 25.7 Å². The van der Waals surface area contributed by atoms with Gasteiger partial charge in [-0.25, -0.2) is 4.39 Å². The van der Waals surface area contributed by atoms with Crippen molar-refractivity contribution in [3.8, 4) is 5.75 Å². The fraction of sp³-hybridized carbons (Fsp3) is 0.533. The third-order valence-corrected chi connectivity index (χ3v) is 3.59. The van der Waals surface area contributed by atoms with E-state index in [2.05, 4.69) is 0 Å². The first kappa shape index (κ1) is 14.8. The molecule has 0 aliphatic heterocycles. The fourth-order valence-electron chi connectivity index (χ4n) is 2.62. The zero-order valence-corrected chi connectivity index (χ0v) is 11.4. The van der Waals surface area contributed by atoms with Crippen LogP contribution in [0.2, 0.25) is 0 Å². The standard InChI is InChI=1S/C15H20FNO3/c16-12-4-3-7-14(10-12)20-11-15(19)17(8-9-18)13-5-1-2-6-13/h3-4,7,10,13,18H,1-2,5-6,8-9,11H2. The maximum Gasteiger partial charge on any atom is 0.260 e. The van der Waals surface area contributed by atoms with E-state index >= 15 is 0 Å². The normalized spacial score (nSPS) is 15.3. The highest BCUT2D eigenvalue weighted by Gasteiger charge is 2.26. The number of carbonyl (C=O) groups excluding carboxylic acids is 1. The highest BCUT2D eigenvalue weighted by molar-refractivity contribution is 5.78. The van der Waals surface area contributed by atoms with Gasteiger partial charge in [-0.2, -0.15) is 0 Å². The molecule has 20 heavy (non-hydrogen) atoms. The average Bonchev–Trinajstić information content (AvgIpc) is 2.96. The number of aliphatic hydroxyl groups excluding tert-OH is 1. The molecule has 0 heterocycles. The summed E-state index contributed by atoms with van der Waals surface area (Å²) in [6.45, 7) is 0.151. The summed E-state index contributed by atoms with van der Waals surface area (Å²) < 4.78 is 18.3. The molecule has 1 aromatic rings. The Labute approximate surface area is 118 Å². The first-order valence-electron chi connectivity index (χ1n) is 6.99. The summed E-state index contributed by atoms with van der Waals surface area (Å²) in [5, 5.41) is 9.08. The number of aliphatic hydroxyl groups is 1. The molecular weight excluding hydrogens is 261 g/mol. The maximum absolute atomic E-state index is 13.0. The van der Waals surface area contributed by atoms with E-state index in [0.717, 1.165) is 25.7 Å². The Bertz CT molecular complexity index is 446. The van der Waals surface area contributed by atoms with Gasteiger partial charge in [0.05, 0.1) is 6.61 Å². The van der Waals surface area contributed by atoms with E-state index in [9.17, 15) is 9.18 Å². The number of rotatable bonds is 6. The molecule has 1 N–H and O–H groups in total. The van der Waals surface area contributed by atoms with Crippen LogP contribution in [0, 0.1) is 5.82 Å². The number of ether oxygens (including phenoxy) is 1. The second-order valence-corrected chi connectivity index (χ2v) is 5.00. The van der Waals surface area contributed by atoms with Gasteiger partial charge in [-0.15, -0.1) is 0 Å². The molecular formula is C15H20FNO3. The zero-order chi connectivity index (χ0) is 14.4. The van der Waals surface area contributed by atoms with Gasteiger partial charge in [0.2, 0.25) is 0 Å². The summed E-state index contributed by atoms with van der Waals surface area (Å²) >= 11 is 0. The Kier molecular flexibility index (Phi) is 5.35. The minimum absolute atomic E-state index is 0.0534. The van der Waals surface area contributed by atoms with Crippen molar-refractivity contribution in [1.82, 2.24) is 4.90 Å². The average molecular weight is 281 g/mol. The van der Waals surface area contributed by atoms with Gasteiger partial charge in [-0.3, -0.25) is 4.79 Å². The van der Waals surface area contributed by atoms with E-state index in [4.69, 9.17) is 9.84 Å². The Morgan fingerprint density at radius 1 is 1.40 bits per heavy atom. The SMILES string of the molecule is O=C(COc1cccc(F)c1)N(CCO)C1CCCC1. The van der Waals surface area contributed by atoms with Gasteiger partial charge in [0.1, 0.15) is 11.6 Å². The molecule has 0 aromatic heterocycles. The fourth-order valence-corrected chi connectivity index (χ4v) is 2.62. The van der Waals surface area contributed by atoms with Crippen molar-refractivity contribution in [2.45, 2.75) is 31.7 Å². The summed E-state index contributed by atoms with van der Waals surface area (Å²) in [6.07, 6.45) is 4.19. The van der Waals surface area contributed by atoms with Crippen LogP contribution in [-0.4, -0.2) is 41.7 Å². The molecule has 1 aromatic carbocycles. The highest BCUT2D eigenvalue weighted by Crippen LogP contribution is 2.23.